The summed E-state index contributed by atoms with van der Waals surface area (Å²) in [5.74, 6) is 0.897. The monoisotopic (exact) mass is 391 g/mol. The van der Waals surface area contributed by atoms with Crippen LogP contribution >= 0.6 is 0 Å². The predicted molar refractivity (Wildman–Crippen MR) is 110 cm³/mol. The van der Waals surface area contributed by atoms with Crippen LogP contribution in [0.1, 0.15) is 36.0 Å². The maximum Gasteiger partial charge on any atom is 0.172 e. The second kappa shape index (κ2) is 7.39. The third-order valence-electron chi connectivity index (χ3n) is 5.67. The van der Waals surface area contributed by atoms with Crippen molar-refractivity contribution in [3.05, 3.63) is 54.1 Å². The zero-order valence-electron chi connectivity index (χ0n) is 16.0. The number of aromatic nitrogens is 3. The van der Waals surface area contributed by atoms with Gasteiger partial charge in [-0.05, 0) is 43.9 Å². The van der Waals surface area contributed by atoms with Crippen molar-refractivity contribution >= 4 is 28.5 Å². The van der Waals surface area contributed by atoms with Crippen molar-refractivity contribution in [2.45, 2.75) is 31.7 Å². The summed E-state index contributed by atoms with van der Waals surface area (Å²) in [5.41, 5.74) is 1.77. The minimum atomic E-state index is -0.441. The van der Waals surface area contributed by atoms with Crippen LogP contribution in [0.5, 0.6) is 0 Å². The Bertz CT molecular complexity index is 1060. The summed E-state index contributed by atoms with van der Waals surface area (Å²) in [6.07, 6.45) is 7.08. The quantitative estimate of drug-likeness (QED) is 0.667. The van der Waals surface area contributed by atoms with E-state index in [4.69, 9.17) is 9.97 Å². The molecule has 1 saturated carbocycles. The second-order valence-corrected chi connectivity index (χ2v) is 7.78. The SMILES string of the molecule is O=C(c1ccccc1F)C1CCN(c2nc3cnccc3nc2NC2CC2)CC1. The van der Waals surface area contributed by atoms with Gasteiger partial charge in [0, 0.05) is 31.2 Å². The number of hydrogen-bond acceptors (Lipinski definition) is 6. The molecule has 0 radical (unpaired) electrons. The second-order valence-electron chi connectivity index (χ2n) is 7.78. The Morgan fingerprint density at radius 1 is 1.03 bits per heavy atom. The van der Waals surface area contributed by atoms with Gasteiger partial charge in [0.2, 0.25) is 0 Å². The summed E-state index contributed by atoms with van der Waals surface area (Å²) >= 11 is 0. The summed E-state index contributed by atoms with van der Waals surface area (Å²) in [5, 5.41) is 3.49. The fourth-order valence-corrected chi connectivity index (χ4v) is 3.87. The first-order valence-corrected chi connectivity index (χ1v) is 10.1. The number of rotatable bonds is 5. The highest BCUT2D eigenvalue weighted by Gasteiger charge is 2.30. The topological polar surface area (TPSA) is 71.0 Å². The Balaban J connectivity index is 1.37. The number of nitrogens with zero attached hydrogens (tertiary/aromatic N) is 4. The molecule has 1 saturated heterocycles. The lowest BCUT2D eigenvalue weighted by Gasteiger charge is -2.33. The Kier molecular flexibility index (Phi) is 4.58. The third kappa shape index (κ3) is 3.64. The van der Waals surface area contributed by atoms with E-state index in [9.17, 15) is 9.18 Å². The largest absolute Gasteiger partial charge is 0.364 e. The average molecular weight is 391 g/mol. The number of ketones is 1. The van der Waals surface area contributed by atoms with Crippen molar-refractivity contribution in [1.29, 1.82) is 0 Å². The van der Waals surface area contributed by atoms with Gasteiger partial charge in [0.15, 0.2) is 17.4 Å². The lowest BCUT2D eigenvalue weighted by atomic mass is 9.88. The van der Waals surface area contributed by atoms with E-state index in [1.54, 1.807) is 30.6 Å². The lowest BCUT2D eigenvalue weighted by Crippen LogP contribution is -2.37. The molecule has 6 nitrogen and oxygen atoms in total. The number of carbonyl (C=O) groups excluding carboxylic acids is 1. The van der Waals surface area contributed by atoms with Gasteiger partial charge in [0.05, 0.1) is 17.3 Å². The van der Waals surface area contributed by atoms with Crippen LogP contribution < -0.4 is 10.2 Å². The molecule has 3 heterocycles. The third-order valence-corrected chi connectivity index (χ3v) is 5.67. The molecule has 0 bridgehead atoms. The van der Waals surface area contributed by atoms with Crippen LogP contribution in [0.25, 0.3) is 11.0 Å². The molecule has 1 N–H and O–H groups in total. The van der Waals surface area contributed by atoms with Crippen LogP contribution in [0.4, 0.5) is 16.0 Å². The summed E-state index contributed by atoms with van der Waals surface area (Å²) in [6, 6.07) is 8.56. The number of Topliss-reactive ketones (excluding diaryl/α,β-unsaturated/α-hetero) is 1. The fourth-order valence-electron chi connectivity index (χ4n) is 3.87. The van der Waals surface area contributed by atoms with Crippen LogP contribution in [0.2, 0.25) is 0 Å². The van der Waals surface area contributed by atoms with Gasteiger partial charge >= 0.3 is 0 Å². The van der Waals surface area contributed by atoms with Crippen molar-refractivity contribution in [2.24, 2.45) is 5.92 Å². The summed E-state index contributed by atoms with van der Waals surface area (Å²) in [6.45, 7) is 1.37. The molecule has 29 heavy (non-hydrogen) atoms. The number of piperidine rings is 1. The van der Waals surface area contributed by atoms with Gasteiger partial charge in [-0.3, -0.25) is 9.78 Å². The minimum Gasteiger partial charge on any atom is -0.364 e. The van der Waals surface area contributed by atoms with Crippen LogP contribution in [0.15, 0.2) is 42.7 Å². The fraction of sp³-hybridized carbons (Fsp3) is 0.364. The number of carbonyl (C=O) groups is 1. The molecule has 148 valence electrons. The predicted octanol–water partition coefficient (Wildman–Crippen LogP) is 3.84. The number of benzene rings is 1. The van der Waals surface area contributed by atoms with Crippen LogP contribution in [0, 0.1) is 11.7 Å². The first-order valence-electron chi connectivity index (χ1n) is 10.1. The summed E-state index contributed by atoms with van der Waals surface area (Å²) < 4.78 is 14.0. The van der Waals surface area contributed by atoms with Crippen LogP contribution in [-0.2, 0) is 0 Å². The Morgan fingerprint density at radius 2 is 1.83 bits per heavy atom. The van der Waals surface area contributed by atoms with Crippen molar-refractivity contribution in [3.8, 4) is 0 Å². The van der Waals surface area contributed by atoms with Crippen molar-refractivity contribution < 1.29 is 9.18 Å². The standard InChI is InChI=1S/C22H22FN5O/c23-17-4-2-1-3-16(17)20(29)14-8-11-28(12-9-14)22-21(25-15-5-6-15)26-18-7-10-24-13-19(18)27-22/h1-4,7,10,13-15H,5-6,8-9,11-12H2,(H,25,26). The Hall–Kier alpha value is -3.09. The number of halogens is 1. The molecule has 0 amide bonds. The first kappa shape index (κ1) is 18.0. The van der Waals surface area contributed by atoms with Crippen LogP contribution in [0.3, 0.4) is 0 Å². The maximum atomic E-state index is 14.0. The zero-order chi connectivity index (χ0) is 19.8. The van der Waals surface area contributed by atoms with E-state index in [0.717, 1.165) is 35.5 Å². The van der Waals surface area contributed by atoms with E-state index in [-0.39, 0.29) is 17.3 Å². The Labute approximate surface area is 168 Å². The van der Waals surface area contributed by atoms with E-state index in [1.165, 1.54) is 6.07 Å². The van der Waals surface area contributed by atoms with E-state index < -0.39 is 5.82 Å². The molecular formula is C22H22FN5O. The molecule has 5 rings (SSSR count). The molecule has 1 aromatic carbocycles. The highest BCUT2D eigenvalue weighted by molar-refractivity contribution is 5.98. The molecule has 1 aliphatic heterocycles. The van der Waals surface area contributed by atoms with Crippen molar-refractivity contribution in [3.63, 3.8) is 0 Å². The van der Waals surface area contributed by atoms with Crippen molar-refractivity contribution in [2.75, 3.05) is 23.3 Å². The van der Waals surface area contributed by atoms with Crippen molar-refractivity contribution in [1.82, 2.24) is 15.0 Å². The number of nitrogens with one attached hydrogen (secondary N) is 1. The molecule has 7 heteroatoms. The van der Waals surface area contributed by atoms with Gasteiger partial charge in [0.1, 0.15) is 11.3 Å². The Morgan fingerprint density at radius 3 is 2.59 bits per heavy atom. The maximum absolute atomic E-state index is 14.0. The molecular weight excluding hydrogens is 369 g/mol. The number of hydrogen-bond donors (Lipinski definition) is 1. The van der Waals surface area contributed by atoms with Gasteiger partial charge in [0.25, 0.3) is 0 Å². The van der Waals surface area contributed by atoms with Gasteiger partial charge in [-0.25, -0.2) is 14.4 Å². The van der Waals surface area contributed by atoms with E-state index >= 15 is 0 Å². The summed E-state index contributed by atoms with van der Waals surface area (Å²) in [4.78, 5) is 28.7. The van der Waals surface area contributed by atoms with Gasteiger partial charge in [-0.15, -0.1) is 0 Å². The molecule has 0 unspecified atom stereocenters. The van der Waals surface area contributed by atoms with Gasteiger partial charge in [-0.1, -0.05) is 12.1 Å². The molecule has 3 aromatic rings. The highest BCUT2D eigenvalue weighted by Crippen LogP contribution is 2.33. The molecule has 2 aromatic heterocycles. The average Bonchev–Trinajstić information content (AvgIpc) is 3.57. The molecule has 2 aliphatic rings. The van der Waals surface area contributed by atoms with Gasteiger partial charge in [-0.2, -0.15) is 0 Å². The van der Waals surface area contributed by atoms with E-state index in [0.29, 0.717) is 32.0 Å². The minimum absolute atomic E-state index is 0.104. The molecule has 2 fully saturated rings. The lowest BCUT2D eigenvalue weighted by molar-refractivity contribution is 0.0896. The molecule has 1 aliphatic carbocycles. The molecule has 0 atom stereocenters. The number of pyridine rings is 1. The van der Waals surface area contributed by atoms with E-state index in [2.05, 4.69) is 15.2 Å². The normalized spacial score (nSPS) is 17.5. The van der Waals surface area contributed by atoms with Gasteiger partial charge < -0.3 is 10.2 Å². The van der Waals surface area contributed by atoms with Crippen LogP contribution in [-0.4, -0.2) is 39.9 Å². The summed E-state index contributed by atoms with van der Waals surface area (Å²) in [7, 11) is 0. The number of anilines is 2. The smallest absolute Gasteiger partial charge is 0.172 e. The molecule has 0 spiro atoms. The van der Waals surface area contributed by atoms with E-state index in [1.807, 2.05) is 6.07 Å². The zero-order valence-corrected chi connectivity index (χ0v) is 16.0. The first-order chi connectivity index (χ1) is 14.2. The highest BCUT2D eigenvalue weighted by atomic mass is 19.1. The number of fused-ring (bicyclic) bond motifs is 1.